The van der Waals surface area contributed by atoms with Crippen LogP contribution in [0.3, 0.4) is 0 Å². The largest absolute Gasteiger partial charge is 0.494 e. The van der Waals surface area contributed by atoms with Gasteiger partial charge in [-0.15, -0.1) is 11.3 Å². The van der Waals surface area contributed by atoms with Gasteiger partial charge < -0.3 is 19.9 Å². The van der Waals surface area contributed by atoms with Crippen molar-refractivity contribution in [2.24, 2.45) is 0 Å². The average Bonchev–Trinajstić information content (AvgIpc) is 3.51. The van der Waals surface area contributed by atoms with Crippen LogP contribution >= 0.6 is 57.9 Å². The van der Waals surface area contributed by atoms with Gasteiger partial charge in [-0.3, -0.25) is 14.5 Å². The lowest BCUT2D eigenvalue weighted by molar-refractivity contribution is 0.102. The molecule has 10 nitrogen and oxygen atoms in total. The highest BCUT2D eigenvalue weighted by Gasteiger charge is 2.24. The highest BCUT2D eigenvalue weighted by molar-refractivity contribution is 7.97. The first-order valence-electron chi connectivity index (χ1n) is 11.5. The molecule has 2 N–H and O–H groups in total. The SMILES string of the molecule is COc1cc(Cl)cc(C(=O)Nc2ccc(Cl)cn2)c1NC(=O)c1scc(CN(C)Cc2nc(CSC)no2)c1Cl. The molecular formula is C25H23Cl3N6O4S2. The second-order valence-corrected chi connectivity index (χ2v) is 11.4. The first-order chi connectivity index (χ1) is 19.2. The van der Waals surface area contributed by atoms with Crippen LogP contribution in [0.15, 0.2) is 40.4 Å². The molecule has 1 aromatic carbocycles. The first-order valence-corrected chi connectivity index (χ1v) is 15.0. The van der Waals surface area contributed by atoms with Crippen molar-refractivity contribution in [3.8, 4) is 5.75 Å². The summed E-state index contributed by atoms with van der Waals surface area (Å²) in [4.78, 5) is 37.1. The zero-order valence-electron chi connectivity index (χ0n) is 21.5. The third-order valence-corrected chi connectivity index (χ3v) is 7.93. The van der Waals surface area contributed by atoms with Crippen LogP contribution in [0, 0.1) is 0 Å². The molecule has 4 aromatic rings. The molecule has 0 spiro atoms. The first kappa shape index (κ1) is 30.1. The molecule has 0 atom stereocenters. The summed E-state index contributed by atoms with van der Waals surface area (Å²) >= 11 is 21.5. The number of carbonyl (C=O) groups excluding carboxylic acids is 2. The van der Waals surface area contributed by atoms with Gasteiger partial charge in [0.1, 0.15) is 16.4 Å². The summed E-state index contributed by atoms with van der Waals surface area (Å²) in [7, 11) is 3.29. The average molecular weight is 642 g/mol. The zero-order chi connectivity index (χ0) is 28.8. The number of hydrogen-bond donors (Lipinski definition) is 2. The number of aromatic nitrogens is 3. The summed E-state index contributed by atoms with van der Waals surface area (Å²) in [5.74, 6) is 1.18. The third kappa shape index (κ3) is 7.45. The van der Waals surface area contributed by atoms with E-state index in [1.165, 1.54) is 36.8 Å². The normalized spacial score (nSPS) is 11.1. The van der Waals surface area contributed by atoms with E-state index in [0.29, 0.717) is 40.6 Å². The molecule has 0 saturated carbocycles. The zero-order valence-corrected chi connectivity index (χ0v) is 25.4. The number of anilines is 2. The second-order valence-electron chi connectivity index (χ2n) is 8.41. The van der Waals surface area contributed by atoms with Gasteiger partial charge in [-0.2, -0.15) is 16.7 Å². The maximum Gasteiger partial charge on any atom is 0.267 e. The van der Waals surface area contributed by atoms with E-state index in [1.807, 2.05) is 18.2 Å². The van der Waals surface area contributed by atoms with E-state index in [9.17, 15) is 9.59 Å². The Balaban J connectivity index is 1.51. The number of carbonyl (C=O) groups is 2. The van der Waals surface area contributed by atoms with Crippen molar-refractivity contribution in [1.82, 2.24) is 20.0 Å². The number of nitrogens with one attached hydrogen (secondary N) is 2. The Morgan fingerprint density at radius 2 is 1.93 bits per heavy atom. The number of nitrogens with zero attached hydrogens (tertiary/aromatic N) is 4. The molecule has 0 radical (unpaired) electrons. The third-order valence-electron chi connectivity index (χ3n) is 5.37. The molecule has 0 fully saturated rings. The summed E-state index contributed by atoms with van der Waals surface area (Å²) in [6.07, 6.45) is 3.36. The lowest BCUT2D eigenvalue weighted by Crippen LogP contribution is -2.19. The van der Waals surface area contributed by atoms with Gasteiger partial charge in [0.15, 0.2) is 5.82 Å². The number of rotatable bonds is 11. The Morgan fingerprint density at radius 3 is 2.62 bits per heavy atom. The van der Waals surface area contributed by atoms with Crippen LogP contribution in [-0.2, 0) is 18.8 Å². The second kappa shape index (κ2) is 13.7. The van der Waals surface area contributed by atoms with Gasteiger partial charge in [-0.05, 0) is 42.4 Å². The Labute approximate surface area is 253 Å². The number of thioether (sulfide) groups is 1. The molecule has 3 heterocycles. The molecule has 40 heavy (non-hydrogen) atoms. The number of ether oxygens (including phenoxy) is 1. The predicted molar refractivity (Wildman–Crippen MR) is 159 cm³/mol. The minimum absolute atomic E-state index is 0.0717. The quantitative estimate of drug-likeness (QED) is 0.189. The Morgan fingerprint density at radius 1 is 1.12 bits per heavy atom. The minimum Gasteiger partial charge on any atom is -0.494 e. The fourth-order valence-electron chi connectivity index (χ4n) is 3.61. The molecule has 210 valence electrons. The number of amides is 2. The number of methoxy groups -OCH3 is 1. The summed E-state index contributed by atoms with van der Waals surface area (Å²) < 4.78 is 10.7. The van der Waals surface area contributed by atoms with Crippen LogP contribution in [0.2, 0.25) is 15.1 Å². The van der Waals surface area contributed by atoms with Gasteiger partial charge in [0.2, 0.25) is 5.89 Å². The van der Waals surface area contributed by atoms with Crippen LogP contribution in [-0.4, -0.2) is 52.3 Å². The Kier molecular flexibility index (Phi) is 10.3. The van der Waals surface area contributed by atoms with Crippen LogP contribution in [0.4, 0.5) is 11.5 Å². The van der Waals surface area contributed by atoms with E-state index in [-0.39, 0.29) is 32.7 Å². The van der Waals surface area contributed by atoms with Crippen molar-refractivity contribution in [1.29, 1.82) is 0 Å². The van der Waals surface area contributed by atoms with E-state index < -0.39 is 11.8 Å². The van der Waals surface area contributed by atoms with Crippen molar-refractivity contribution in [3.05, 3.63) is 78.6 Å². The van der Waals surface area contributed by atoms with Crippen LogP contribution in [0.1, 0.15) is 37.3 Å². The van der Waals surface area contributed by atoms with Crippen molar-refractivity contribution in [3.63, 3.8) is 0 Å². The number of pyridine rings is 1. The maximum atomic E-state index is 13.3. The molecule has 3 aromatic heterocycles. The van der Waals surface area contributed by atoms with Gasteiger partial charge in [-0.1, -0.05) is 40.0 Å². The van der Waals surface area contributed by atoms with Crippen LogP contribution in [0.5, 0.6) is 5.75 Å². The van der Waals surface area contributed by atoms with E-state index in [1.54, 1.807) is 29.3 Å². The fraction of sp³-hybridized carbons (Fsp3) is 0.240. The van der Waals surface area contributed by atoms with Gasteiger partial charge in [-0.25, -0.2) is 4.98 Å². The molecule has 4 rings (SSSR count). The highest BCUT2D eigenvalue weighted by atomic mass is 35.5. The molecule has 0 aliphatic rings. The molecule has 0 aliphatic carbocycles. The maximum absolute atomic E-state index is 13.3. The lowest BCUT2D eigenvalue weighted by atomic mass is 10.1. The van der Waals surface area contributed by atoms with E-state index in [2.05, 4.69) is 25.8 Å². The van der Waals surface area contributed by atoms with Crippen molar-refractivity contribution in [2.75, 3.05) is 31.0 Å². The minimum atomic E-state index is -0.563. The van der Waals surface area contributed by atoms with E-state index in [4.69, 9.17) is 44.1 Å². The van der Waals surface area contributed by atoms with Crippen LogP contribution in [0.25, 0.3) is 0 Å². The lowest BCUT2D eigenvalue weighted by Gasteiger charge is -2.16. The summed E-state index contributed by atoms with van der Waals surface area (Å²) in [5, 5.41) is 12.1. The Bertz CT molecular complexity index is 1510. The standard InChI is InChI=1S/C25H23Cl3N6O4S2/c1-34(10-20-30-19(12-39-3)33-38-20)9-13-11-40-23(21(13)28)25(36)32-22-16(6-15(27)7-17(22)37-2)24(35)31-18-5-4-14(26)8-29-18/h4-8,11H,9-10,12H2,1-3H3,(H,32,36)(H,29,31,35). The van der Waals surface area contributed by atoms with Gasteiger partial charge in [0.05, 0.1) is 40.7 Å². The smallest absolute Gasteiger partial charge is 0.267 e. The summed E-state index contributed by atoms with van der Waals surface area (Å²) in [6.45, 7) is 0.854. The monoisotopic (exact) mass is 640 g/mol. The summed E-state index contributed by atoms with van der Waals surface area (Å²) in [6, 6.07) is 6.05. The molecule has 0 aliphatic heterocycles. The molecule has 0 unspecified atom stereocenters. The topological polar surface area (TPSA) is 122 Å². The van der Waals surface area contributed by atoms with Crippen LogP contribution < -0.4 is 15.4 Å². The number of hydrogen-bond acceptors (Lipinski definition) is 10. The number of benzene rings is 1. The van der Waals surface area contributed by atoms with E-state index >= 15 is 0 Å². The molecule has 0 saturated heterocycles. The predicted octanol–water partition coefficient (Wildman–Crippen LogP) is 6.49. The van der Waals surface area contributed by atoms with Gasteiger partial charge >= 0.3 is 0 Å². The van der Waals surface area contributed by atoms with E-state index in [0.717, 1.165) is 5.56 Å². The molecule has 2 amide bonds. The Hall–Kier alpha value is -2.87. The van der Waals surface area contributed by atoms with Gasteiger partial charge in [0.25, 0.3) is 11.8 Å². The highest BCUT2D eigenvalue weighted by Crippen LogP contribution is 2.35. The van der Waals surface area contributed by atoms with Crippen molar-refractivity contribution < 1.29 is 18.8 Å². The van der Waals surface area contributed by atoms with Gasteiger partial charge in [0, 0.05) is 23.8 Å². The molecule has 0 bridgehead atoms. The van der Waals surface area contributed by atoms with Crippen molar-refractivity contribution in [2.45, 2.75) is 18.8 Å². The molecular weight excluding hydrogens is 619 g/mol. The summed E-state index contributed by atoms with van der Waals surface area (Å²) in [5.41, 5.74) is 0.949. The van der Waals surface area contributed by atoms with Crippen molar-refractivity contribution >= 4 is 81.2 Å². The number of thiophene rings is 1. The number of halogens is 3. The fourth-order valence-corrected chi connectivity index (χ4v) is 5.55. The molecule has 15 heteroatoms.